The van der Waals surface area contributed by atoms with Crippen LogP contribution in [0.2, 0.25) is 5.02 Å². The molecule has 1 atom stereocenters. The summed E-state index contributed by atoms with van der Waals surface area (Å²) in [5, 5.41) is 8.13. The van der Waals surface area contributed by atoms with E-state index in [1.807, 2.05) is 11.4 Å². The van der Waals surface area contributed by atoms with Gasteiger partial charge in [0.25, 0.3) is 11.8 Å². The van der Waals surface area contributed by atoms with Crippen LogP contribution < -0.4 is 10.6 Å². The van der Waals surface area contributed by atoms with Crippen LogP contribution in [0.4, 0.5) is 0 Å². The molecule has 2 aromatic carbocycles. The van der Waals surface area contributed by atoms with Gasteiger partial charge in [-0.1, -0.05) is 41.9 Å². The molecule has 160 valence electrons. The van der Waals surface area contributed by atoms with Crippen LogP contribution in [0, 0.1) is 0 Å². The number of amides is 2. The van der Waals surface area contributed by atoms with Gasteiger partial charge in [0.1, 0.15) is 0 Å². The minimum Gasteiger partial charge on any atom is -0.469 e. The lowest BCUT2D eigenvalue weighted by molar-refractivity contribution is -0.141. The normalized spacial score (nSPS) is 11.4. The molecule has 0 bridgehead atoms. The number of halogens is 1. The third-order valence-electron chi connectivity index (χ3n) is 4.59. The molecule has 0 aliphatic rings. The number of esters is 1. The summed E-state index contributed by atoms with van der Waals surface area (Å²) in [6, 6.07) is 16.9. The first-order valence-corrected chi connectivity index (χ1v) is 10.8. The van der Waals surface area contributed by atoms with Crippen molar-refractivity contribution >= 4 is 40.7 Å². The predicted molar refractivity (Wildman–Crippen MR) is 120 cm³/mol. The Hall–Kier alpha value is -3.16. The molecule has 0 radical (unpaired) electrons. The first kappa shape index (κ1) is 22.5. The number of hydrogen-bond donors (Lipinski definition) is 2. The van der Waals surface area contributed by atoms with E-state index in [2.05, 4.69) is 10.6 Å². The lowest BCUT2D eigenvalue weighted by atomic mass is 10.0. The first-order valence-electron chi connectivity index (χ1n) is 9.50. The van der Waals surface area contributed by atoms with Crippen molar-refractivity contribution in [1.29, 1.82) is 0 Å². The summed E-state index contributed by atoms with van der Waals surface area (Å²) in [5.74, 6) is -0.888. The van der Waals surface area contributed by atoms with E-state index in [9.17, 15) is 14.4 Å². The molecule has 2 N–H and O–H groups in total. The second kappa shape index (κ2) is 10.7. The first-order chi connectivity index (χ1) is 15.0. The molecule has 6 nitrogen and oxygen atoms in total. The maximum absolute atomic E-state index is 12.7. The quantitative estimate of drug-likeness (QED) is 0.493. The van der Waals surface area contributed by atoms with Gasteiger partial charge in [-0.25, -0.2) is 0 Å². The Balaban J connectivity index is 1.63. The van der Waals surface area contributed by atoms with E-state index in [0.29, 0.717) is 22.0 Å². The second-order valence-corrected chi connectivity index (χ2v) is 8.10. The van der Waals surface area contributed by atoms with Gasteiger partial charge in [0.05, 0.1) is 24.4 Å². The van der Waals surface area contributed by atoms with Crippen LogP contribution in [0.5, 0.6) is 0 Å². The zero-order valence-electron chi connectivity index (χ0n) is 16.8. The number of ether oxygens (including phenoxy) is 1. The van der Waals surface area contributed by atoms with Crippen LogP contribution >= 0.6 is 22.9 Å². The number of carbonyl (C=O) groups is 3. The van der Waals surface area contributed by atoms with Crippen LogP contribution in [0.15, 0.2) is 66.0 Å². The molecule has 1 aromatic heterocycles. The molecular formula is C23H21ClN2O4S. The summed E-state index contributed by atoms with van der Waals surface area (Å²) in [6.07, 6.45) is -0.00327. The van der Waals surface area contributed by atoms with Gasteiger partial charge in [0.2, 0.25) is 0 Å². The Morgan fingerprint density at radius 3 is 2.32 bits per heavy atom. The molecular weight excluding hydrogens is 436 g/mol. The monoisotopic (exact) mass is 456 g/mol. The second-order valence-electron chi connectivity index (χ2n) is 6.71. The summed E-state index contributed by atoms with van der Waals surface area (Å²) >= 11 is 7.31. The molecule has 8 heteroatoms. The van der Waals surface area contributed by atoms with E-state index in [4.69, 9.17) is 16.3 Å². The highest BCUT2D eigenvalue weighted by molar-refractivity contribution is 7.12. The van der Waals surface area contributed by atoms with Crippen molar-refractivity contribution in [3.8, 4) is 0 Å². The number of rotatable bonds is 8. The Morgan fingerprint density at radius 1 is 1.00 bits per heavy atom. The third-order valence-corrected chi connectivity index (χ3v) is 5.71. The van der Waals surface area contributed by atoms with Gasteiger partial charge < -0.3 is 15.4 Å². The maximum atomic E-state index is 12.7. The molecule has 0 spiro atoms. The Morgan fingerprint density at radius 2 is 1.71 bits per heavy atom. The van der Waals surface area contributed by atoms with Gasteiger partial charge in [-0.15, -0.1) is 11.3 Å². The smallest absolute Gasteiger partial charge is 0.307 e. The van der Waals surface area contributed by atoms with Gasteiger partial charge >= 0.3 is 5.97 Å². The zero-order chi connectivity index (χ0) is 22.2. The van der Waals surface area contributed by atoms with Crippen molar-refractivity contribution in [2.45, 2.75) is 19.0 Å². The fraction of sp³-hybridized carbons (Fsp3) is 0.174. The van der Waals surface area contributed by atoms with Crippen molar-refractivity contribution in [3.63, 3.8) is 0 Å². The molecule has 0 fully saturated rings. The SMILES string of the molecule is COC(=O)CC(NC(=O)c1ccc(CNC(=O)c2cccs2)cc1)c1ccc(Cl)cc1. The minimum absolute atomic E-state index is 0.00327. The van der Waals surface area contributed by atoms with Crippen molar-refractivity contribution in [2.24, 2.45) is 0 Å². The van der Waals surface area contributed by atoms with Gasteiger partial charge in [0.15, 0.2) is 0 Å². The number of thiophene rings is 1. The van der Waals surface area contributed by atoms with E-state index in [-0.39, 0.29) is 18.2 Å². The molecule has 31 heavy (non-hydrogen) atoms. The van der Waals surface area contributed by atoms with Gasteiger partial charge in [-0.05, 0) is 46.8 Å². The fourth-order valence-corrected chi connectivity index (χ4v) is 3.66. The number of nitrogens with one attached hydrogen (secondary N) is 2. The Bertz CT molecular complexity index is 1030. The van der Waals surface area contributed by atoms with Crippen LogP contribution in [-0.4, -0.2) is 24.9 Å². The lowest BCUT2D eigenvalue weighted by Gasteiger charge is -2.18. The zero-order valence-corrected chi connectivity index (χ0v) is 18.3. The molecule has 3 rings (SSSR count). The van der Waals surface area contributed by atoms with Crippen LogP contribution in [0.25, 0.3) is 0 Å². The minimum atomic E-state index is -0.554. The number of benzene rings is 2. The largest absolute Gasteiger partial charge is 0.469 e. The maximum Gasteiger partial charge on any atom is 0.307 e. The topological polar surface area (TPSA) is 84.5 Å². The molecule has 2 amide bonds. The Labute approximate surface area is 189 Å². The highest BCUT2D eigenvalue weighted by atomic mass is 35.5. The van der Waals surface area contributed by atoms with E-state index in [0.717, 1.165) is 11.1 Å². The predicted octanol–water partition coefficient (Wildman–Crippen LogP) is 4.37. The Kier molecular flexibility index (Phi) is 7.81. The number of hydrogen-bond acceptors (Lipinski definition) is 5. The molecule has 0 saturated heterocycles. The number of methoxy groups -OCH3 is 1. The van der Waals surface area contributed by atoms with Gasteiger partial charge in [-0.3, -0.25) is 14.4 Å². The fourth-order valence-electron chi connectivity index (χ4n) is 2.89. The summed E-state index contributed by atoms with van der Waals surface area (Å²) in [4.78, 5) is 37.2. The van der Waals surface area contributed by atoms with E-state index in [1.165, 1.54) is 18.4 Å². The summed E-state index contributed by atoms with van der Waals surface area (Å²) in [7, 11) is 1.30. The average molecular weight is 457 g/mol. The summed E-state index contributed by atoms with van der Waals surface area (Å²) in [5.41, 5.74) is 2.05. The molecule has 1 heterocycles. The molecule has 3 aromatic rings. The average Bonchev–Trinajstić information content (AvgIpc) is 3.33. The van der Waals surface area contributed by atoms with E-state index >= 15 is 0 Å². The third kappa shape index (κ3) is 6.41. The van der Waals surface area contributed by atoms with Gasteiger partial charge in [-0.2, -0.15) is 0 Å². The molecule has 0 saturated carbocycles. The van der Waals surface area contributed by atoms with Crippen molar-refractivity contribution in [2.75, 3.05) is 7.11 Å². The van der Waals surface area contributed by atoms with Crippen LogP contribution in [0.3, 0.4) is 0 Å². The standard InChI is InChI=1S/C23H21ClN2O4S/c1-30-21(27)13-19(16-8-10-18(24)11-9-16)26-22(28)17-6-4-15(5-7-17)14-25-23(29)20-3-2-12-31-20/h2-12,19H,13-14H2,1H3,(H,25,29)(H,26,28). The highest BCUT2D eigenvalue weighted by Gasteiger charge is 2.20. The van der Waals surface area contributed by atoms with Crippen molar-refractivity contribution in [1.82, 2.24) is 10.6 Å². The van der Waals surface area contributed by atoms with Gasteiger partial charge in [0, 0.05) is 17.1 Å². The molecule has 0 aliphatic heterocycles. The van der Waals surface area contributed by atoms with E-state index < -0.39 is 12.0 Å². The summed E-state index contributed by atoms with van der Waals surface area (Å²) < 4.78 is 4.75. The lowest BCUT2D eigenvalue weighted by Crippen LogP contribution is -2.30. The van der Waals surface area contributed by atoms with Crippen LogP contribution in [-0.2, 0) is 16.1 Å². The summed E-state index contributed by atoms with van der Waals surface area (Å²) in [6.45, 7) is 0.356. The van der Waals surface area contributed by atoms with Crippen molar-refractivity contribution in [3.05, 3.63) is 92.6 Å². The van der Waals surface area contributed by atoms with Crippen LogP contribution in [0.1, 0.15) is 43.6 Å². The van der Waals surface area contributed by atoms with Crippen molar-refractivity contribution < 1.29 is 19.1 Å². The van der Waals surface area contributed by atoms with E-state index in [1.54, 1.807) is 54.6 Å². The number of carbonyl (C=O) groups excluding carboxylic acids is 3. The molecule has 1 unspecified atom stereocenters. The highest BCUT2D eigenvalue weighted by Crippen LogP contribution is 2.21. The molecule has 0 aliphatic carbocycles.